The van der Waals surface area contributed by atoms with Crippen molar-refractivity contribution in [2.24, 2.45) is 4.99 Å². The molecular formula is C23H32FN3O3. The molecule has 0 unspecified atom stereocenters. The van der Waals surface area contributed by atoms with Gasteiger partial charge in [0.1, 0.15) is 18.2 Å². The zero-order valence-corrected chi connectivity index (χ0v) is 18.3. The molecule has 2 aromatic carbocycles. The fourth-order valence-electron chi connectivity index (χ4n) is 2.86. The van der Waals surface area contributed by atoms with E-state index < -0.39 is 0 Å². The molecular weight excluding hydrogens is 385 g/mol. The van der Waals surface area contributed by atoms with Crippen LogP contribution in [0.1, 0.15) is 29.2 Å². The van der Waals surface area contributed by atoms with Gasteiger partial charge in [0, 0.05) is 38.4 Å². The number of aliphatic imine (C=N–C) groups is 1. The molecule has 0 radical (unpaired) electrons. The summed E-state index contributed by atoms with van der Waals surface area (Å²) in [4.78, 5) is 4.62. The number of halogens is 1. The predicted molar refractivity (Wildman–Crippen MR) is 117 cm³/mol. The highest BCUT2D eigenvalue weighted by atomic mass is 19.1. The molecule has 0 atom stereocenters. The van der Waals surface area contributed by atoms with Crippen LogP contribution in [0.25, 0.3) is 0 Å². The number of hydrogen-bond donors (Lipinski definition) is 2. The third kappa shape index (κ3) is 7.65. The van der Waals surface area contributed by atoms with Gasteiger partial charge in [-0.05, 0) is 43.2 Å². The smallest absolute Gasteiger partial charge is 0.191 e. The molecule has 0 bridgehead atoms. The van der Waals surface area contributed by atoms with Crippen molar-refractivity contribution < 1.29 is 18.6 Å². The van der Waals surface area contributed by atoms with Crippen LogP contribution in [0, 0.1) is 12.7 Å². The molecule has 0 fully saturated rings. The molecule has 2 N–H and O–H groups in total. The molecule has 0 spiro atoms. The van der Waals surface area contributed by atoms with Crippen molar-refractivity contribution in [1.29, 1.82) is 0 Å². The average Bonchev–Trinajstić information content (AvgIpc) is 2.73. The number of rotatable bonds is 11. The van der Waals surface area contributed by atoms with Crippen molar-refractivity contribution in [3.05, 3.63) is 64.5 Å². The molecule has 0 aliphatic heterocycles. The second-order valence-electron chi connectivity index (χ2n) is 6.86. The number of guanidine groups is 1. The molecule has 0 aliphatic carbocycles. The van der Waals surface area contributed by atoms with Crippen LogP contribution in [-0.4, -0.2) is 39.9 Å². The maximum atomic E-state index is 13.8. The number of nitrogens with zero attached hydrogens (tertiary/aromatic N) is 1. The first-order valence-corrected chi connectivity index (χ1v) is 10.1. The van der Waals surface area contributed by atoms with Crippen LogP contribution in [0.3, 0.4) is 0 Å². The second-order valence-corrected chi connectivity index (χ2v) is 6.86. The van der Waals surface area contributed by atoms with Crippen molar-refractivity contribution in [2.45, 2.75) is 33.5 Å². The van der Waals surface area contributed by atoms with Crippen molar-refractivity contribution in [3.8, 4) is 5.75 Å². The normalized spacial score (nSPS) is 11.4. The minimum atomic E-state index is -0.269. The van der Waals surface area contributed by atoms with Gasteiger partial charge in [0.2, 0.25) is 0 Å². The van der Waals surface area contributed by atoms with Gasteiger partial charge in [-0.15, -0.1) is 0 Å². The van der Waals surface area contributed by atoms with Crippen LogP contribution >= 0.6 is 0 Å². The summed E-state index contributed by atoms with van der Waals surface area (Å²) >= 11 is 0. The van der Waals surface area contributed by atoms with E-state index in [0.717, 1.165) is 29.0 Å². The van der Waals surface area contributed by atoms with Crippen LogP contribution < -0.4 is 15.4 Å². The number of methoxy groups -OCH3 is 2. The molecule has 0 aliphatic rings. The van der Waals surface area contributed by atoms with E-state index in [2.05, 4.69) is 21.7 Å². The van der Waals surface area contributed by atoms with Gasteiger partial charge in [-0.3, -0.25) is 0 Å². The second kappa shape index (κ2) is 12.8. The van der Waals surface area contributed by atoms with Crippen molar-refractivity contribution in [1.82, 2.24) is 10.6 Å². The lowest BCUT2D eigenvalue weighted by atomic mass is 10.1. The maximum absolute atomic E-state index is 13.8. The highest BCUT2D eigenvalue weighted by Crippen LogP contribution is 2.20. The van der Waals surface area contributed by atoms with Crippen LogP contribution in [0.2, 0.25) is 0 Å². The zero-order valence-electron chi connectivity index (χ0n) is 18.3. The largest absolute Gasteiger partial charge is 0.491 e. The Morgan fingerprint density at radius 3 is 2.57 bits per heavy atom. The van der Waals surface area contributed by atoms with Crippen LogP contribution in [0.4, 0.5) is 4.39 Å². The Bertz CT molecular complexity index is 827. The third-order valence-corrected chi connectivity index (χ3v) is 4.39. The highest BCUT2D eigenvalue weighted by Gasteiger charge is 2.07. The fourth-order valence-corrected chi connectivity index (χ4v) is 2.86. The topological polar surface area (TPSA) is 64.1 Å². The third-order valence-electron chi connectivity index (χ3n) is 4.39. The molecule has 0 saturated carbocycles. The first-order valence-electron chi connectivity index (χ1n) is 10.1. The van der Waals surface area contributed by atoms with Gasteiger partial charge >= 0.3 is 0 Å². The lowest BCUT2D eigenvalue weighted by Gasteiger charge is -2.15. The van der Waals surface area contributed by atoms with E-state index in [1.165, 1.54) is 6.07 Å². The van der Waals surface area contributed by atoms with Crippen LogP contribution in [-0.2, 0) is 29.2 Å². The van der Waals surface area contributed by atoms with Gasteiger partial charge in [0.15, 0.2) is 5.96 Å². The van der Waals surface area contributed by atoms with E-state index in [9.17, 15) is 4.39 Å². The zero-order chi connectivity index (χ0) is 21.8. The van der Waals surface area contributed by atoms with E-state index in [1.807, 2.05) is 26.0 Å². The summed E-state index contributed by atoms with van der Waals surface area (Å²) < 4.78 is 29.8. The number of aryl methyl sites for hydroxylation is 1. The van der Waals surface area contributed by atoms with Crippen molar-refractivity contribution >= 4 is 5.96 Å². The monoisotopic (exact) mass is 417 g/mol. The first kappa shape index (κ1) is 23.6. The summed E-state index contributed by atoms with van der Waals surface area (Å²) in [6, 6.07) is 11.1. The van der Waals surface area contributed by atoms with Crippen molar-refractivity contribution in [2.75, 3.05) is 34.0 Å². The SMILES string of the molecule is CCNC(=NCc1ccc(F)c(COC)c1)NCc1ccc(C)cc1OCCOC. The first-order chi connectivity index (χ1) is 14.6. The molecule has 6 nitrogen and oxygen atoms in total. The summed E-state index contributed by atoms with van der Waals surface area (Å²) in [6.07, 6.45) is 0. The molecule has 2 aromatic rings. The summed E-state index contributed by atoms with van der Waals surface area (Å²) in [7, 11) is 3.20. The Morgan fingerprint density at radius 1 is 1.00 bits per heavy atom. The van der Waals surface area contributed by atoms with Gasteiger partial charge in [-0.1, -0.05) is 18.2 Å². The molecule has 0 heterocycles. The highest BCUT2D eigenvalue weighted by molar-refractivity contribution is 5.79. The standard InChI is InChI=1S/C23H32FN3O3/c1-5-25-23(26-14-18-7-9-21(24)20(13-18)16-29-4)27-15-19-8-6-17(2)12-22(19)30-11-10-28-3/h6-9,12-13H,5,10-11,14-16H2,1-4H3,(H2,25,26,27). The summed E-state index contributed by atoms with van der Waals surface area (Å²) in [6.45, 7) is 7.03. The Balaban J connectivity index is 2.06. The van der Waals surface area contributed by atoms with Gasteiger partial charge < -0.3 is 24.8 Å². The van der Waals surface area contributed by atoms with E-state index >= 15 is 0 Å². The fraction of sp³-hybridized carbons (Fsp3) is 0.435. The minimum absolute atomic E-state index is 0.237. The van der Waals surface area contributed by atoms with Crippen LogP contribution in [0.5, 0.6) is 5.75 Å². The number of benzene rings is 2. The lowest BCUT2D eigenvalue weighted by molar-refractivity contribution is 0.145. The molecule has 30 heavy (non-hydrogen) atoms. The predicted octanol–water partition coefficient (Wildman–Crippen LogP) is 3.56. The summed E-state index contributed by atoms with van der Waals surface area (Å²) in [5.41, 5.74) is 3.61. The maximum Gasteiger partial charge on any atom is 0.191 e. The van der Waals surface area contributed by atoms with E-state index in [1.54, 1.807) is 26.4 Å². The Kier molecular flexibility index (Phi) is 10.1. The Morgan fingerprint density at radius 2 is 1.83 bits per heavy atom. The molecule has 2 rings (SSSR count). The van der Waals surface area contributed by atoms with Crippen molar-refractivity contribution in [3.63, 3.8) is 0 Å². The Hall–Kier alpha value is -2.64. The Labute approximate surface area is 178 Å². The van der Waals surface area contributed by atoms with Gasteiger partial charge in [-0.2, -0.15) is 0 Å². The van der Waals surface area contributed by atoms with Crippen LogP contribution in [0.15, 0.2) is 41.4 Å². The van der Waals surface area contributed by atoms with E-state index in [0.29, 0.717) is 37.8 Å². The summed E-state index contributed by atoms with van der Waals surface area (Å²) in [5, 5.41) is 6.57. The molecule has 0 saturated heterocycles. The van der Waals surface area contributed by atoms with Gasteiger partial charge in [0.25, 0.3) is 0 Å². The van der Waals surface area contributed by atoms with Gasteiger partial charge in [0.05, 0.1) is 19.8 Å². The van der Waals surface area contributed by atoms with E-state index in [4.69, 9.17) is 14.2 Å². The quantitative estimate of drug-likeness (QED) is 0.333. The lowest BCUT2D eigenvalue weighted by Crippen LogP contribution is -2.36. The summed E-state index contributed by atoms with van der Waals surface area (Å²) in [5.74, 6) is 1.24. The average molecular weight is 418 g/mol. The minimum Gasteiger partial charge on any atom is -0.491 e. The number of ether oxygens (including phenoxy) is 3. The molecule has 7 heteroatoms. The van der Waals surface area contributed by atoms with E-state index in [-0.39, 0.29) is 12.4 Å². The number of hydrogen-bond acceptors (Lipinski definition) is 4. The molecule has 0 aromatic heterocycles. The molecule has 0 amide bonds. The van der Waals surface area contributed by atoms with Gasteiger partial charge in [-0.25, -0.2) is 9.38 Å². The number of nitrogens with one attached hydrogen (secondary N) is 2. The molecule has 164 valence electrons.